The molecule has 1 nitrogen and oxygen atoms in total. The Kier molecular flexibility index (Phi) is 4.24. The first kappa shape index (κ1) is 11.0. The molecule has 78 valence electrons. The molecule has 0 aromatic rings. The summed E-state index contributed by atoms with van der Waals surface area (Å²) in [6.07, 6.45) is 4.30. The zero-order valence-corrected chi connectivity index (χ0v) is 9.64. The van der Waals surface area contributed by atoms with Gasteiger partial charge in [-0.2, -0.15) is 0 Å². The summed E-state index contributed by atoms with van der Waals surface area (Å²) in [5.74, 6) is 2.77. The van der Waals surface area contributed by atoms with E-state index in [-0.39, 0.29) is 0 Å². The predicted octanol–water partition coefficient (Wildman–Crippen LogP) is 3.06. The van der Waals surface area contributed by atoms with Crippen LogP contribution in [0.3, 0.4) is 0 Å². The highest BCUT2D eigenvalue weighted by Gasteiger charge is 2.28. The van der Waals surface area contributed by atoms with Gasteiger partial charge in [-0.3, -0.25) is 0 Å². The van der Waals surface area contributed by atoms with Crippen LogP contribution in [0.1, 0.15) is 47.0 Å². The van der Waals surface area contributed by atoms with Crippen LogP contribution in [-0.2, 0) is 0 Å². The summed E-state index contributed by atoms with van der Waals surface area (Å²) < 4.78 is 0. The summed E-state index contributed by atoms with van der Waals surface area (Å²) in [7, 11) is 0. The van der Waals surface area contributed by atoms with E-state index < -0.39 is 0 Å². The molecule has 1 rings (SSSR count). The van der Waals surface area contributed by atoms with Gasteiger partial charge in [-0.05, 0) is 37.6 Å². The van der Waals surface area contributed by atoms with Crippen molar-refractivity contribution in [3.8, 4) is 0 Å². The molecule has 1 heteroatoms. The molecule has 13 heavy (non-hydrogen) atoms. The van der Waals surface area contributed by atoms with Crippen LogP contribution in [0.15, 0.2) is 0 Å². The maximum absolute atomic E-state index is 3.57. The first-order valence-corrected chi connectivity index (χ1v) is 5.88. The number of hydrogen-bond acceptors (Lipinski definition) is 1. The van der Waals surface area contributed by atoms with Crippen LogP contribution in [0, 0.1) is 17.8 Å². The second kappa shape index (κ2) is 4.99. The van der Waals surface area contributed by atoms with Gasteiger partial charge in [-0.25, -0.2) is 0 Å². The van der Waals surface area contributed by atoms with Gasteiger partial charge in [0.05, 0.1) is 0 Å². The van der Waals surface area contributed by atoms with Gasteiger partial charge < -0.3 is 5.32 Å². The molecule has 1 N–H and O–H groups in total. The van der Waals surface area contributed by atoms with E-state index in [9.17, 15) is 0 Å². The number of rotatable bonds is 3. The van der Waals surface area contributed by atoms with Crippen molar-refractivity contribution in [3.63, 3.8) is 0 Å². The summed E-state index contributed by atoms with van der Waals surface area (Å²) >= 11 is 0. The monoisotopic (exact) mass is 183 g/mol. The van der Waals surface area contributed by atoms with Crippen molar-refractivity contribution in [2.24, 2.45) is 17.8 Å². The van der Waals surface area contributed by atoms with E-state index in [0.717, 1.165) is 24.3 Å². The lowest BCUT2D eigenvalue weighted by Crippen LogP contribution is -2.39. The third-order valence-electron chi connectivity index (χ3n) is 3.69. The maximum atomic E-state index is 3.57. The molecule has 1 aliphatic carbocycles. The largest absolute Gasteiger partial charge is 0.314 e. The Hall–Kier alpha value is -0.0400. The van der Waals surface area contributed by atoms with Crippen molar-refractivity contribution in [1.29, 1.82) is 0 Å². The Bertz CT molecular complexity index is 144. The topological polar surface area (TPSA) is 12.0 Å². The summed E-state index contributed by atoms with van der Waals surface area (Å²) in [5.41, 5.74) is 0. The van der Waals surface area contributed by atoms with Crippen molar-refractivity contribution >= 4 is 0 Å². The van der Waals surface area contributed by atoms with Gasteiger partial charge in [0.25, 0.3) is 0 Å². The minimum absolute atomic E-state index is 0.711. The van der Waals surface area contributed by atoms with Crippen molar-refractivity contribution in [2.75, 3.05) is 6.54 Å². The average molecular weight is 183 g/mol. The Morgan fingerprint density at radius 1 is 1.31 bits per heavy atom. The molecule has 0 aromatic carbocycles. The van der Waals surface area contributed by atoms with E-state index in [1.165, 1.54) is 19.3 Å². The van der Waals surface area contributed by atoms with Crippen molar-refractivity contribution in [3.05, 3.63) is 0 Å². The van der Waals surface area contributed by atoms with Crippen LogP contribution >= 0.6 is 0 Å². The molecule has 4 atom stereocenters. The Morgan fingerprint density at radius 3 is 2.62 bits per heavy atom. The molecule has 0 spiro atoms. The van der Waals surface area contributed by atoms with Crippen molar-refractivity contribution in [2.45, 2.75) is 53.0 Å². The third-order valence-corrected chi connectivity index (χ3v) is 3.69. The third kappa shape index (κ3) is 2.98. The van der Waals surface area contributed by atoms with Gasteiger partial charge in [0.1, 0.15) is 0 Å². The zero-order valence-electron chi connectivity index (χ0n) is 9.64. The second-order valence-corrected chi connectivity index (χ2v) is 4.91. The molecule has 1 fully saturated rings. The molecule has 0 bridgehead atoms. The van der Waals surface area contributed by atoms with Gasteiger partial charge in [-0.15, -0.1) is 0 Å². The SMILES string of the molecule is CCNC(C)C1CC(C)CCC1C. The fraction of sp³-hybridized carbons (Fsp3) is 1.00. The van der Waals surface area contributed by atoms with Gasteiger partial charge in [0.2, 0.25) is 0 Å². The Labute approximate surface area is 83.3 Å². The summed E-state index contributed by atoms with van der Waals surface area (Å²) in [5, 5.41) is 3.57. The summed E-state index contributed by atoms with van der Waals surface area (Å²) in [6, 6.07) is 0.711. The lowest BCUT2D eigenvalue weighted by atomic mass is 9.72. The minimum Gasteiger partial charge on any atom is -0.314 e. The molecule has 0 aliphatic heterocycles. The molecule has 1 saturated carbocycles. The highest BCUT2D eigenvalue weighted by molar-refractivity contribution is 4.82. The number of nitrogens with one attached hydrogen (secondary N) is 1. The average Bonchev–Trinajstić information content (AvgIpc) is 2.09. The molecular formula is C12H25N. The minimum atomic E-state index is 0.711. The van der Waals surface area contributed by atoms with Gasteiger partial charge >= 0.3 is 0 Å². The molecule has 0 saturated heterocycles. The highest BCUT2D eigenvalue weighted by atomic mass is 14.9. The Morgan fingerprint density at radius 2 is 2.00 bits per heavy atom. The van der Waals surface area contributed by atoms with E-state index >= 15 is 0 Å². The quantitative estimate of drug-likeness (QED) is 0.709. The van der Waals surface area contributed by atoms with Crippen LogP contribution in [-0.4, -0.2) is 12.6 Å². The smallest absolute Gasteiger partial charge is 0.00695 e. The fourth-order valence-electron chi connectivity index (χ4n) is 2.75. The molecular weight excluding hydrogens is 158 g/mol. The molecule has 0 aromatic heterocycles. The van der Waals surface area contributed by atoms with Gasteiger partial charge in [0.15, 0.2) is 0 Å². The maximum Gasteiger partial charge on any atom is 0.00695 e. The lowest BCUT2D eigenvalue weighted by molar-refractivity contribution is 0.164. The van der Waals surface area contributed by atoms with Crippen LogP contribution < -0.4 is 5.32 Å². The first-order chi connectivity index (χ1) is 6.15. The van der Waals surface area contributed by atoms with Crippen molar-refractivity contribution in [1.82, 2.24) is 5.32 Å². The summed E-state index contributed by atoms with van der Waals surface area (Å²) in [4.78, 5) is 0. The van der Waals surface area contributed by atoms with Crippen LogP contribution in [0.2, 0.25) is 0 Å². The van der Waals surface area contributed by atoms with Crippen LogP contribution in [0.25, 0.3) is 0 Å². The zero-order chi connectivity index (χ0) is 9.84. The van der Waals surface area contributed by atoms with E-state index in [1.54, 1.807) is 0 Å². The fourth-order valence-corrected chi connectivity index (χ4v) is 2.75. The van der Waals surface area contributed by atoms with Gasteiger partial charge in [-0.1, -0.05) is 33.6 Å². The normalized spacial score (nSPS) is 37.4. The molecule has 0 radical (unpaired) electrons. The van der Waals surface area contributed by atoms with Crippen LogP contribution in [0.5, 0.6) is 0 Å². The van der Waals surface area contributed by atoms with E-state index in [0.29, 0.717) is 6.04 Å². The molecule has 0 heterocycles. The second-order valence-electron chi connectivity index (χ2n) is 4.91. The van der Waals surface area contributed by atoms with E-state index in [4.69, 9.17) is 0 Å². The molecule has 1 aliphatic rings. The van der Waals surface area contributed by atoms with Crippen LogP contribution in [0.4, 0.5) is 0 Å². The van der Waals surface area contributed by atoms with E-state index in [2.05, 4.69) is 33.0 Å². The first-order valence-electron chi connectivity index (χ1n) is 5.88. The van der Waals surface area contributed by atoms with Crippen molar-refractivity contribution < 1.29 is 0 Å². The lowest BCUT2D eigenvalue weighted by Gasteiger charge is -2.37. The predicted molar refractivity (Wildman–Crippen MR) is 58.8 cm³/mol. The Balaban J connectivity index is 2.44. The number of hydrogen-bond donors (Lipinski definition) is 1. The van der Waals surface area contributed by atoms with Gasteiger partial charge in [0, 0.05) is 6.04 Å². The standard InChI is InChI=1S/C12H25N/c1-5-13-11(4)12-8-9(2)6-7-10(12)3/h9-13H,5-8H2,1-4H3. The van der Waals surface area contributed by atoms with E-state index in [1.807, 2.05) is 0 Å². The molecule has 0 amide bonds. The summed E-state index contributed by atoms with van der Waals surface area (Å²) in [6.45, 7) is 10.5. The molecule has 4 unspecified atom stereocenters. The highest BCUT2D eigenvalue weighted by Crippen LogP contribution is 2.35.